The molecule has 2 unspecified atom stereocenters. The summed E-state index contributed by atoms with van der Waals surface area (Å²) in [5.74, 6) is -2.30. The second kappa shape index (κ2) is 13.5. The molecule has 6 atom stereocenters. The first-order valence-corrected chi connectivity index (χ1v) is 16.1. The first kappa shape index (κ1) is 32.3. The number of nitrogens with zero attached hydrogens (tertiary/aromatic N) is 4. The summed E-state index contributed by atoms with van der Waals surface area (Å²) in [5, 5.41) is 10.4. The molecular weight excluding hydrogens is 560 g/mol. The molecule has 0 aromatic heterocycles. The number of hydrogen-bond donors (Lipinski definition) is 1. The van der Waals surface area contributed by atoms with Crippen molar-refractivity contribution >= 4 is 23.4 Å². The number of anilines is 1. The lowest BCUT2D eigenvalue weighted by molar-refractivity contribution is -0.156. The van der Waals surface area contributed by atoms with Gasteiger partial charge in [0.2, 0.25) is 17.7 Å². The van der Waals surface area contributed by atoms with Gasteiger partial charge in [-0.25, -0.2) is 0 Å². The number of amides is 3. The van der Waals surface area contributed by atoms with Gasteiger partial charge in [0.25, 0.3) is 0 Å². The summed E-state index contributed by atoms with van der Waals surface area (Å²) in [4.78, 5) is 51.3. The quantitative estimate of drug-likeness (QED) is 0.324. The predicted molar refractivity (Wildman–Crippen MR) is 168 cm³/mol. The molecule has 10 nitrogen and oxygen atoms in total. The fourth-order valence-electron chi connectivity index (χ4n) is 8.05. The van der Waals surface area contributed by atoms with Crippen molar-refractivity contribution in [1.29, 1.82) is 0 Å². The van der Waals surface area contributed by atoms with E-state index in [4.69, 9.17) is 9.47 Å². The van der Waals surface area contributed by atoms with Crippen LogP contribution >= 0.6 is 0 Å². The largest absolute Gasteiger partial charge is 0.394 e. The van der Waals surface area contributed by atoms with Crippen molar-refractivity contribution < 1.29 is 29.0 Å². The number of likely N-dealkylation sites (tertiary alicyclic amines) is 1. The molecule has 1 spiro atoms. The van der Waals surface area contributed by atoms with Gasteiger partial charge in [0.15, 0.2) is 0 Å². The third-order valence-corrected chi connectivity index (χ3v) is 10.3. The molecule has 4 heterocycles. The average Bonchev–Trinajstić information content (AvgIpc) is 3.66. The van der Waals surface area contributed by atoms with Gasteiger partial charge in [-0.2, -0.15) is 0 Å². The molecule has 1 N–H and O–H groups in total. The van der Waals surface area contributed by atoms with E-state index in [2.05, 4.69) is 18.1 Å². The van der Waals surface area contributed by atoms with Crippen LogP contribution in [0.15, 0.2) is 55.6 Å². The summed E-state index contributed by atoms with van der Waals surface area (Å²) in [6.07, 6.45) is 5.46. The summed E-state index contributed by atoms with van der Waals surface area (Å²) >= 11 is 0. The minimum Gasteiger partial charge on any atom is -0.394 e. The third-order valence-electron chi connectivity index (χ3n) is 10.3. The molecule has 0 radical (unpaired) electrons. The van der Waals surface area contributed by atoms with Crippen molar-refractivity contribution in [3.8, 4) is 0 Å². The van der Waals surface area contributed by atoms with Gasteiger partial charge in [0.05, 0.1) is 43.3 Å². The highest BCUT2D eigenvalue weighted by atomic mass is 16.5. The molecule has 4 aliphatic rings. The Balaban J connectivity index is 1.55. The fourth-order valence-corrected chi connectivity index (χ4v) is 8.05. The molecule has 4 aliphatic heterocycles. The highest BCUT2D eigenvalue weighted by Gasteiger charge is 2.79. The van der Waals surface area contributed by atoms with Crippen molar-refractivity contribution in [2.75, 3.05) is 64.0 Å². The van der Waals surface area contributed by atoms with Crippen molar-refractivity contribution in [2.45, 2.75) is 62.8 Å². The van der Waals surface area contributed by atoms with E-state index in [9.17, 15) is 19.5 Å². The Labute approximate surface area is 261 Å². The van der Waals surface area contributed by atoms with Crippen LogP contribution in [0.25, 0.3) is 0 Å². The number of carbonyl (C=O) groups is 3. The maximum atomic E-state index is 14.7. The lowest BCUT2D eigenvalue weighted by atomic mass is 9.64. The topological polar surface area (TPSA) is 103 Å². The minimum atomic E-state index is -1.16. The van der Waals surface area contributed by atoms with Gasteiger partial charge in [0, 0.05) is 45.0 Å². The minimum absolute atomic E-state index is 0.196. The van der Waals surface area contributed by atoms with Crippen LogP contribution in [0.3, 0.4) is 0 Å². The van der Waals surface area contributed by atoms with Gasteiger partial charge >= 0.3 is 0 Å². The van der Waals surface area contributed by atoms with E-state index in [0.717, 1.165) is 18.8 Å². The molecule has 1 aromatic carbocycles. The highest BCUT2D eigenvalue weighted by Crippen LogP contribution is 2.65. The zero-order valence-corrected chi connectivity index (χ0v) is 26.2. The van der Waals surface area contributed by atoms with E-state index in [0.29, 0.717) is 58.5 Å². The Morgan fingerprint density at radius 2 is 1.80 bits per heavy atom. The van der Waals surface area contributed by atoms with Gasteiger partial charge in [-0.1, -0.05) is 44.2 Å². The van der Waals surface area contributed by atoms with E-state index in [1.54, 1.807) is 26.9 Å². The van der Waals surface area contributed by atoms with Crippen LogP contribution in [0.1, 0.15) is 39.5 Å². The Bertz CT molecular complexity index is 1220. The van der Waals surface area contributed by atoms with Crippen LogP contribution in [0, 0.1) is 11.8 Å². The SMILES string of the molecule is C=CCN(CCN1CCOCC1)C(=O)C1N([C@@H](CC)CO)C(=O)[C@@H]2[C@H](C(=O)N(CC=C)c3ccccc3)[C@]3(CC)CCC12O3. The maximum absolute atomic E-state index is 14.7. The Kier molecular flexibility index (Phi) is 9.94. The Morgan fingerprint density at radius 3 is 2.41 bits per heavy atom. The number of morpholine rings is 1. The van der Waals surface area contributed by atoms with Gasteiger partial charge in [-0.05, 0) is 37.8 Å². The van der Waals surface area contributed by atoms with Crippen molar-refractivity contribution in [1.82, 2.24) is 14.7 Å². The lowest BCUT2D eigenvalue weighted by Crippen LogP contribution is -2.59. The summed E-state index contributed by atoms with van der Waals surface area (Å²) in [6.45, 7) is 16.1. The molecule has 44 heavy (non-hydrogen) atoms. The highest BCUT2D eigenvalue weighted by molar-refractivity contribution is 6.03. The lowest BCUT2D eigenvalue weighted by Gasteiger charge is -2.40. The number of fused-ring (bicyclic) bond motifs is 1. The van der Waals surface area contributed by atoms with E-state index in [1.165, 1.54) is 0 Å². The van der Waals surface area contributed by atoms with Crippen molar-refractivity contribution in [2.24, 2.45) is 11.8 Å². The molecule has 10 heteroatoms. The Hall–Kier alpha value is -3.05. The number of benzene rings is 1. The summed E-state index contributed by atoms with van der Waals surface area (Å²) in [7, 11) is 0. The van der Waals surface area contributed by atoms with Crippen LogP contribution in [0.4, 0.5) is 5.69 Å². The average molecular weight is 609 g/mol. The smallest absolute Gasteiger partial charge is 0.248 e. The molecule has 240 valence electrons. The van der Waals surface area contributed by atoms with Crippen LogP contribution in [0.2, 0.25) is 0 Å². The predicted octanol–water partition coefficient (Wildman–Crippen LogP) is 2.48. The number of para-hydroxylation sites is 1. The van der Waals surface area contributed by atoms with Gasteiger partial charge in [-0.3, -0.25) is 19.3 Å². The summed E-state index contributed by atoms with van der Waals surface area (Å²) < 4.78 is 12.5. The second-order valence-corrected chi connectivity index (χ2v) is 12.4. The molecular formula is C34H48N4O6. The standard InChI is InChI=1S/C34H48N4O6/c1-5-16-36(19-18-35-20-22-43-23-21-35)32(42)29-34-15-14-33(8-4,44-34)27(28(34)31(41)38(29)25(7-3)24-39)30(40)37(17-6-2)26-12-10-9-11-13-26/h5-6,9-13,25,27-29,39H,1-2,7-8,14-24H2,3-4H3/t25-,27+,28-,29?,33-,34?/m0/s1. The van der Waals surface area contributed by atoms with E-state index < -0.39 is 35.1 Å². The first-order valence-electron chi connectivity index (χ1n) is 16.1. The zero-order chi connectivity index (χ0) is 31.5. The number of aliphatic hydroxyl groups is 1. The normalized spacial score (nSPS) is 30.2. The van der Waals surface area contributed by atoms with Crippen LogP contribution in [0.5, 0.6) is 0 Å². The number of aliphatic hydroxyl groups excluding tert-OH is 1. The van der Waals surface area contributed by atoms with Gasteiger partial charge in [0.1, 0.15) is 11.6 Å². The van der Waals surface area contributed by atoms with Crippen LogP contribution in [-0.4, -0.2) is 120 Å². The second-order valence-electron chi connectivity index (χ2n) is 12.4. The Morgan fingerprint density at radius 1 is 1.09 bits per heavy atom. The molecule has 3 amide bonds. The van der Waals surface area contributed by atoms with E-state index >= 15 is 0 Å². The van der Waals surface area contributed by atoms with Crippen LogP contribution < -0.4 is 4.90 Å². The van der Waals surface area contributed by atoms with Gasteiger partial charge < -0.3 is 29.3 Å². The number of ether oxygens (including phenoxy) is 2. The first-order chi connectivity index (χ1) is 21.3. The number of carbonyl (C=O) groups excluding carboxylic acids is 3. The molecule has 0 saturated carbocycles. The van der Waals surface area contributed by atoms with Crippen LogP contribution in [-0.2, 0) is 23.9 Å². The summed E-state index contributed by atoms with van der Waals surface area (Å²) in [5.41, 5.74) is -1.31. The molecule has 4 fully saturated rings. The molecule has 5 rings (SSSR count). The van der Waals surface area contributed by atoms with Crippen molar-refractivity contribution in [3.05, 3.63) is 55.6 Å². The fraction of sp³-hybridized carbons (Fsp3) is 0.618. The molecule has 1 aromatic rings. The summed E-state index contributed by atoms with van der Waals surface area (Å²) in [6, 6.07) is 7.88. The monoisotopic (exact) mass is 608 g/mol. The van der Waals surface area contributed by atoms with E-state index in [-0.39, 0.29) is 30.9 Å². The molecule has 4 saturated heterocycles. The maximum Gasteiger partial charge on any atom is 0.248 e. The van der Waals surface area contributed by atoms with Crippen molar-refractivity contribution in [3.63, 3.8) is 0 Å². The molecule has 2 bridgehead atoms. The van der Waals surface area contributed by atoms with E-state index in [1.807, 2.05) is 44.2 Å². The van der Waals surface area contributed by atoms with Gasteiger partial charge in [-0.15, -0.1) is 13.2 Å². The third kappa shape index (κ3) is 5.40. The number of hydrogen-bond acceptors (Lipinski definition) is 7. The molecule has 0 aliphatic carbocycles. The number of rotatable bonds is 14. The zero-order valence-electron chi connectivity index (χ0n) is 26.2.